The Kier molecular flexibility index (Phi) is 6.00. The average molecular weight is 529 g/mol. The Bertz CT molecular complexity index is 1330. The summed E-state index contributed by atoms with van der Waals surface area (Å²) in [6.45, 7) is 1.04. The van der Waals surface area contributed by atoms with Crippen LogP contribution >= 0.6 is 0 Å². The molecule has 5 rings (SSSR count). The Morgan fingerprint density at radius 3 is 2.32 bits per heavy atom. The highest BCUT2D eigenvalue weighted by Crippen LogP contribution is 2.59. The summed E-state index contributed by atoms with van der Waals surface area (Å²) in [6, 6.07) is 12.4. The van der Waals surface area contributed by atoms with Gasteiger partial charge in [0.05, 0.1) is 6.04 Å². The molecule has 1 saturated heterocycles. The third-order valence-electron chi connectivity index (χ3n) is 8.07. The first-order valence-electron chi connectivity index (χ1n) is 12.3. The molecule has 1 saturated carbocycles. The molecule has 2 atom stereocenters. The number of amides is 5. The Balaban J connectivity index is 1.35. The summed E-state index contributed by atoms with van der Waals surface area (Å²) >= 11 is 0. The number of fused-ring (bicyclic) bond motifs is 1. The van der Waals surface area contributed by atoms with Crippen LogP contribution in [-0.2, 0) is 27.2 Å². The number of carbonyl (C=O) groups excluding carboxylic acids is 4. The molecule has 1 spiro atoms. The molecule has 3 aliphatic rings. The van der Waals surface area contributed by atoms with Crippen molar-refractivity contribution in [1.29, 1.82) is 0 Å². The third-order valence-corrected chi connectivity index (χ3v) is 8.07. The van der Waals surface area contributed by atoms with Gasteiger partial charge in [0.15, 0.2) is 0 Å². The van der Waals surface area contributed by atoms with Crippen molar-refractivity contribution in [3.8, 4) is 0 Å². The van der Waals surface area contributed by atoms with E-state index in [9.17, 15) is 32.3 Å². The van der Waals surface area contributed by atoms with E-state index < -0.39 is 47.6 Å². The summed E-state index contributed by atoms with van der Waals surface area (Å²) in [7, 11) is 1.56. The van der Waals surface area contributed by atoms with Crippen LogP contribution in [-0.4, -0.2) is 58.9 Å². The van der Waals surface area contributed by atoms with E-state index in [4.69, 9.17) is 0 Å². The highest BCUT2D eigenvalue weighted by molar-refractivity contribution is 6.07. The zero-order valence-corrected chi connectivity index (χ0v) is 20.9. The van der Waals surface area contributed by atoms with Gasteiger partial charge in [-0.05, 0) is 48.6 Å². The number of anilines is 1. The topological polar surface area (TPSA) is 98.8 Å². The van der Waals surface area contributed by atoms with Crippen molar-refractivity contribution in [3.63, 3.8) is 0 Å². The van der Waals surface area contributed by atoms with Crippen molar-refractivity contribution in [1.82, 2.24) is 15.1 Å². The summed E-state index contributed by atoms with van der Waals surface area (Å²) < 4.78 is 41.4. The van der Waals surface area contributed by atoms with Crippen molar-refractivity contribution in [3.05, 3.63) is 65.2 Å². The van der Waals surface area contributed by atoms with Gasteiger partial charge in [-0.3, -0.25) is 19.7 Å². The normalized spacial score (nSPS) is 22.2. The molecular weight excluding hydrogens is 501 g/mol. The van der Waals surface area contributed by atoms with Crippen molar-refractivity contribution >= 4 is 29.4 Å². The molecule has 2 aromatic rings. The molecule has 2 N–H and O–H groups in total. The van der Waals surface area contributed by atoms with Crippen LogP contribution in [0, 0.1) is 5.41 Å². The number of alkyl halides is 3. The van der Waals surface area contributed by atoms with E-state index in [-0.39, 0.29) is 25.2 Å². The van der Waals surface area contributed by atoms with E-state index in [1.165, 1.54) is 4.90 Å². The predicted octanol–water partition coefficient (Wildman–Crippen LogP) is 3.58. The Hall–Kier alpha value is -3.89. The number of halogens is 3. The van der Waals surface area contributed by atoms with E-state index >= 15 is 0 Å². The molecule has 0 bridgehead atoms. The first-order valence-corrected chi connectivity index (χ1v) is 12.3. The number of carbonyl (C=O) groups is 4. The van der Waals surface area contributed by atoms with Crippen molar-refractivity contribution in [2.45, 2.75) is 50.4 Å². The lowest BCUT2D eigenvalue weighted by Crippen LogP contribution is -2.48. The number of urea groups is 1. The van der Waals surface area contributed by atoms with E-state index in [1.54, 1.807) is 62.5 Å². The second-order valence-corrected chi connectivity index (χ2v) is 10.3. The van der Waals surface area contributed by atoms with Crippen molar-refractivity contribution < 1.29 is 32.3 Å². The summed E-state index contributed by atoms with van der Waals surface area (Å²) in [5.41, 5.74) is -0.845. The van der Waals surface area contributed by atoms with E-state index in [0.29, 0.717) is 17.7 Å². The molecule has 11 heteroatoms. The number of rotatable bonds is 6. The molecule has 200 valence electrons. The minimum atomic E-state index is -4.70. The van der Waals surface area contributed by atoms with E-state index in [0.717, 1.165) is 16.0 Å². The van der Waals surface area contributed by atoms with Gasteiger partial charge in [-0.15, -0.1) is 0 Å². The summed E-state index contributed by atoms with van der Waals surface area (Å²) in [4.78, 5) is 53.2. The molecule has 5 amide bonds. The van der Waals surface area contributed by atoms with Gasteiger partial charge >= 0.3 is 12.2 Å². The summed E-state index contributed by atoms with van der Waals surface area (Å²) in [5, 5.41) is 5.01. The second kappa shape index (κ2) is 8.85. The number of benzene rings is 2. The highest BCUT2D eigenvalue weighted by Gasteiger charge is 2.69. The van der Waals surface area contributed by atoms with Crippen LogP contribution < -0.4 is 10.6 Å². The maximum atomic E-state index is 13.8. The van der Waals surface area contributed by atoms with Crippen LogP contribution in [0.2, 0.25) is 0 Å². The fourth-order valence-electron chi connectivity index (χ4n) is 5.44. The molecule has 0 unspecified atom stereocenters. The molecule has 0 radical (unpaired) electrons. The van der Waals surface area contributed by atoms with Crippen molar-refractivity contribution in [2.24, 2.45) is 5.41 Å². The van der Waals surface area contributed by atoms with Gasteiger partial charge in [-0.25, -0.2) is 4.79 Å². The number of imide groups is 1. The lowest BCUT2D eigenvalue weighted by Gasteiger charge is -2.33. The number of nitrogens with zero attached hydrogens (tertiary/aromatic N) is 2. The van der Waals surface area contributed by atoms with Crippen molar-refractivity contribution in [2.75, 3.05) is 18.9 Å². The molecule has 8 nitrogen and oxygen atoms in total. The van der Waals surface area contributed by atoms with Gasteiger partial charge in [-0.2, -0.15) is 13.2 Å². The molecule has 38 heavy (non-hydrogen) atoms. The van der Waals surface area contributed by atoms with Crippen LogP contribution in [0.4, 0.5) is 23.7 Å². The highest BCUT2D eigenvalue weighted by atomic mass is 19.4. The van der Waals surface area contributed by atoms with Crippen LogP contribution in [0.5, 0.6) is 0 Å². The van der Waals surface area contributed by atoms with Crippen LogP contribution in [0.25, 0.3) is 0 Å². The summed E-state index contributed by atoms with van der Waals surface area (Å²) in [5.74, 6) is -2.13. The standard InChI is InChI=1S/C27H27F3N4O4/c1-16(17-6-4-3-5-7-17)34(23(37)25(10-11-25)27(28,29)30)15-21(35)31-20-9-8-18-13-26(14-19(18)12-20)22(36)32-24(38)33(26)2/h3-9,12,16H,10-11,13-15H2,1-2H3,(H,31,35)(H,32,36,38)/t16-,26+/m1/s1. The third kappa shape index (κ3) is 4.10. The van der Waals surface area contributed by atoms with Crippen LogP contribution in [0.15, 0.2) is 48.5 Å². The molecular formula is C27H27F3N4O4. The van der Waals surface area contributed by atoms with Gasteiger partial charge in [0.2, 0.25) is 11.8 Å². The van der Waals surface area contributed by atoms with E-state index in [2.05, 4.69) is 10.6 Å². The average Bonchev–Trinajstić information content (AvgIpc) is 3.57. The van der Waals surface area contributed by atoms with Gasteiger partial charge in [0.25, 0.3) is 5.91 Å². The minimum Gasteiger partial charge on any atom is -0.326 e. The van der Waals surface area contributed by atoms with Gasteiger partial charge in [-0.1, -0.05) is 36.4 Å². The van der Waals surface area contributed by atoms with Gasteiger partial charge in [0.1, 0.15) is 17.5 Å². The zero-order chi connectivity index (χ0) is 27.5. The number of hydrogen-bond acceptors (Lipinski definition) is 4. The Morgan fingerprint density at radius 1 is 1.08 bits per heavy atom. The van der Waals surface area contributed by atoms with E-state index in [1.807, 2.05) is 0 Å². The number of hydrogen-bond donors (Lipinski definition) is 2. The van der Waals surface area contributed by atoms with Gasteiger partial charge in [0, 0.05) is 25.6 Å². The predicted molar refractivity (Wildman–Crippen MR) is 131 cm³/mol. The monoisotopic (exact) mass is 528 g/mol. The first kappa shape index (κ1) is 25.7. The largest absolute Gasteiger partial charge is 0.403 e. The maximum Gasteiger partial charge on any atom is 0.403 e. The maximum absolute atomic E-state index is 13.8. The second-order valence-electron chi connectivity index (χ2n) is 10.3. The molecule has 2 aliphatic carbocycles. The molecule has 2 aromatic carbocycles. The summed E-state index contributed by atoms with van der Waals surface area (Å²) in [6.07, 6.45) is -4.70. The minimum absolute atomic E-state index is 0.268. The fraction of sp³-hybridized carbons (Fsp3) is 0.407. The Morgan fingerprint density at radius 2 is 1.74 bits per heavy atom. The molecule has 1 heterocycles. The Labute approximate surface area is 217 Å². The lowest BCUT2D eigenvalue weighted by atomic mass is 9.95. The molecule has 0 aromatic heterocycles. The lowest BCUT2D eigenvalue weighted by molar-refractivity contribution is -0.200. The fourth-order valence-corrected chi connectivity index (χ4v) is 5.44. The van der Waals surface area contributed by atoms with Crippen LogP contribution in [0.1, 0.15) is 42.5 Å². The number of likely N-dealkylation sites (N-methyl/N-ethyl adjacent to an activating group) is 1. The van der Waals surface area contributed by atoms with Crippen LogP contribution in [0.3, 0.4) is 0 Å². The zero-order valence-electron chi connectivity index (χ0n) is 20.9. The van der Waals surface area contributed by atoms with Gasteiger partial charge < -0.3 is 15.1 Å². The SMILES string of the molecule is C[C@H](c1ccccc1)N(CC(=O)Nc1ccc2c(c1)C[C@@]1(C2)C(=O)NC(=O)N1C)C(=O)C1(C(F)(F)F)CC1. The first-order chi connectivity index (χ1) is 17.9. The smallest absolute Gasteiger partial charge is 0.326 e. The quantitative estimate of drug-likeness (QED) is 0.560. The molecule has 1 aliphatic heterocycles. The molecule has 2 fully saturated rings. The number of nitrogens with one attached hydrogen (secondary N) is 2.